The summed E-state index contributed by atoms with van der Waals surface area (Å²) in [5, 5.41) is 5.10. The number of nitrogens with zero attached hydrogens (tertiary/aromatic N) is 2. The van der Waals surface area contributed by atoms with Crippen molar-refractivity contribution in [1.82, 2.24) is 0 Å². The highest BCUT2D eigenvalue weighted by molar-refractivity contribution is 6.20. The van der Waals surface area contributed by atoms with E-state index < -0.39 is 0 Å². The van der Waals surface area contributed by atoms with Gasteiger partial charge in [-0.2, -0.15) is 0 Å². The van der Waals surface area contributed by atoms with E-state index in [9.17, 15) is 0 Å². The second kappa shape index (κ2) is 16.2. The summed E-state index contributed by atoms with van der Waals surface area (Å²) < 4.78 is 0. The van der Waals surface area contributed by atoms with E-state index in [4.69, 9.17) is 0 Å². The molecular formula is C68H44N2. The number of rotatable bonds is 9. The van der Waals surface area contributed by atoms with E-state index in [0.29, 0.717) is 0 Å². The van der Waals surface area contributed by atoms with E-state index in [2.05, 4.69) is 277 Å². The van der Waals surface area contributed by atoms with Crippen molar-refractivity contribution in [2.24, 2.45) is 0 Å². The Hall–Kier alpha value is -9.24. The smallest absolute Gasteiger partial charge is 0.0540 e. The van der Waals surface area contributed by atoms with Crippen molar-refractivity contribution in [1.29, 1.82) is 0 Å². The number of hydrogen-bond acceptors (Lipinski definition) is 2. The zero-order valence-corrected chi connectivity index (χ0v) is 38.3. The SMILES string of the molecule is c1ccc(-c2ccc(N(c3ccc(-c4ccc(N(c5ccc(-c6ccccc6)cc5)c5ccc6c7c(cccc57)-c5ccccc5-6)cc4)cc3)c3ccc4c5c(cccc35)-c3ccccc3-4)cc2)cc1. The first-order chi connectivity index (χ1) is 34.7. The van der Waals surface area contributed by atoms with E-state index in [-0.39, 0.29) is 0 Å². The van der Waals surface area contributed by atoms with Crippen LogP contribution in [0.4, 0.5) is 34.1 Å². The zero-order chi connectivity index (χ0) is 46.1. The molecule has 0 aromatic heterocycles. The average Bonchev–Trinajstić information content (AvgIpc) is 3.95. The molecule has 0 atom stereocenters. The summed E-state index contributed by atoms with van der Waals surface area (Å²) in [5.74, 6) is 0. The van der Waals surface area contributed by atoms with Gasteiger partial charge in [-0.1, -0.05) is 206 Å². The largest absolute Gasteiger partial charge is 0.310 e. The monoisotopic (exact) mass is 888 g/mol. The van der Waals surface area contributed by atoms with E-state index in [1.807, 2.05) is 0 Å². The molecule has 12 aromatic rings. The van der Waals surface area contributed by atoms with E-state index in [1.54, 1.807) is 0 Å². The molecule has 2 heteroatoms. The molecule has 0 saturated heterocycles. The Morgan fingerprint density at radius 1 is 0.171 bits per heavy atom. The fraction of sp³-hybridized carbons (Fsp3) is 0. The molecular weight excluding hydrogens is 845 g/mol. The summed E-state index contributed by atoms with van der Waals surface area (Å²) in [6.07, 6.45) is 0. The third-order valence-corrected chi connectivity index (χ3v) is 14.6. The van der Waals surface area contributed by atoms with Gasteiger partial charge in [0.1, 0.15) is 0 Å². The minimum Gasteiger partial charge on any atom is -0.310 e. The van der Waals surface area contributed by atoms with Crippen LogP contribution in [0.2, 0.25) is 0 Å². The van der Waals surface area contributed by atoms with Gasteiger partial charge in [0.15, 0.2) is 0 Å². The average molecular weight is 889 g/mol. The van der Waals surface area contributed by atoms with Gasteiger partial charge in [-0.3, -0.25) is 0 Å². The van der Waals surface area contributed by atoms with Gasteiger partial charge in [-0.25, -0.2) is 0 Å². The lowest BCUT2D eigenvalue weighted by Crippen LogP contribution is -2.11. The minimum absolute atomic E-state index is 1.10. The van der Waals surface area contributed by atoms with Crippen molar-refractivity contribution in [3.8, 4) is 77.9 Å². The van der Waals surface area contributed by atoms with Crippen LogP contribution >= 0.6 is 0 Å². The Balaban J connectivity index is 0.850. The maximum absolute atomic E-state index is 2.42. The minimum atomic E-state index is 1.10. The molecule has 2 aliphatic carbocycles. The van der Waals surface area contributed by atoms with Gasteiger partial charge >= 0.3 is 0 Å². The van der Waals surface area contributed by atoms with Gasteiger partial charge in [0.2, 0.25) is 0 Å². The first-order valence-corrected chi connectivity index (χ1v) is 24.2. The molecule has 0 radical (unpaired) electrons. The molecule has 0 bridgehead atoms. The van der Waals surface area contributed by atoms with Gasteiger partial charge in [-0.15, -0.1) is 0 Å². The standard InChI is InChI=1S/C68H44N2/c1-3-13-45(14-4-1)47-25-33-51(34-26-47)69(65-43-41-61-57-19-9-7-17-55(57)59-21-11-23-63(65)67(59)61)53-37-29-49(30-38-53)50-31-39-54(40-32-50)70(52-35-27-48(28-36-52)46-15-5-2-6-16-46)66-44-42-62-58-20-10-8-18-56(58)60-22-12-24-64(66)68(60)62/h1-44H. The van der Waals surface area contributed by atoms with Crippen molar-refractivity contribution < 1.29 is 0 Å². The van der Waals surface area contributed by atoms with Gasteiger partial charge in [-0.05, 0) is 149 Å². The molecule has 326 valence electrons. The fourth-order valence-corrected chi connectivity index (χ4v) is 11.3. The lowest BCUT2D eigenvalue weighted by molar-refractivity contribution is 1.29. The van der Waals surface area contributed by atoms with Gasteiger partial charge in [0, 0.05) is 33.5 Å². The quantitative estimate of drug-likeness (QED) is 0.142. The molecule has 0 aliphatic heterocycles. The van der Waals surface area contributed by atoms with Crippen LogP contribution in [-0.2, 0) is 0 Å². The van der Waals surface area contributed by atoms with Crippen LogP contribution in [0.5, 0.6) is 0 Å². The molecule has 0 unspecified atom stereocenters. The van der Waals surface area contributed by atoms with Gasteiger partial charge < -0.3 is 9.80 Å². The molecule has 12 aromatic carbocycles. The van der Waals surface area contributed by atoms with Gasteiger partial charge in [0.05, 0.1) is 11.4 Å². The molecule has 2 nitrogen and oxygen atoms in total. The third kappa shape index (κ3) is 6.42. The maximum Gasteiger partial charge on any atom is 0.0540 e. The molecule has 0 amide bonds. The third-order valence-electron chi connectivity index (χ3n) is 14.6. The lowest BCUT2D eigenvalue weighted by atomic mass is 9.99. The van der Waals surface area contributed by atoms with E-state index in [1.165, 1.54) is 88.3 Å². The Kier molecular flexibility index (Phi) is 9.25. The summed E-state index contributed by atoms with van der Waals surface area (Å²) in [6, 6.07) is 97.8. The van der Waals surface area contributed by atoms with E-state index >= 15 is 0 Å². The van der Waals surface area contributed by atoms with E-state index in [0.717, 1.165) is 45.3 Å². The van der Waals surface area contributed by atoms with Crippen molar-refractivity contribution in [2.45, 2.75) is 0 Å². The molecule has 0 heterocycles. The molecule has 0 fully saturated rings. The molecule has 14 rings (SSSR count). The normalized spacial score (nSPS) is 11.7. The highest BCUT2D eigenvalue weighted by Gasteiger charge is 2.27. The van der Waals surface area contributed by atoms with Crippen LogP contribution in [0.1, 0.15) is 0 Å². The van der Waals surface area contributed by atoms with Crippen molar-refractivity contribution in [3.05, 3.63) is 267 Å². The molecule has 0 spiro atoms. The van der Waals surface area contributed by atoms with Crippen LogP contribution in [0.3, 0.4) is 0 Å². The topological polar surface area (TPSA) is 6.48 Å². The first kappa shape index (κ1) is 39.9. The predicted octanol–water partition coefficient (Wildman–Crippen LogP) is 19.2. The van der Waals surface area contributed by atoms with Crippen molar-refractivity contribution >= 4 is 55.7 Å². The zero-order valence-electron chi connectivity index (χ0n) is 38.3. The summed E-state index contributed by atoms with van der Waals surface area (Å²) in [4.78, 5) is 4.84. The fourth-order valence-electron chi connectivity index (χ4n) is 11.3. The number of anilines is 6. The highest BCUT2D eigenvalue weighted by atomic mass is 15.1. The molecule has 2 aliphatic rings. The number of benzene rings is 12. The maximum atomic E-state index is 2.42. The Bertz CT molecular complexity index is 3630. The molecule has 70 heavy (non-hydrogen) atoms. The predicted molar refractivity (Wildman–Crippen MR) is 296 cm³/mol. The summed E-state index contributed by atoms with van der Waals surface area (Å²) in [6.45, 7) is 0. The van der Waals surface area contributed by atoms with Crippen molar-refractivity contribution in [2.75, 3.05) is 9.80 Å². The number of hydrogen-bond donors (Lipinski definition) is 0. The van der Waals surface area contributed by atoms with Crippen LogP contribution in [0, 0.1) is 0 Å². The molecule has 0 saturated carbocycles. The lowest BCUT2D eigenvalue weighted by Gasteiger charge is -2.28. The second-order valence-corrected chi connectivity index (χ2v) is 18.4. The second-order valence-electron chi connectivity index (χ2n) is 18.4. The highest BCUT2D eigenvalue weighted by Crippen LogP contribution is 2.53. The Morgan fingerprint density at radius 2 is 0.429 bits per heavy atom. The summed E-state index contributed by atoms with van der Waals surface area (Å²) in [7, 11) is 0. The first-order valence-electron chi connectivity index (χ1n) is 24.2. The Morgan fingerprint density at radius 3 is 0.743 bits per heavy atom. The molecule has 0 N–H and O–H groups in total. The van der Waals surface area contributed by atoms with Crippen LogP contribution in [0.15, 0.2) is 267 Å². The summed E-state index contributed by atoms with van der Waals surface area (Å²) in [5.41, 5.74) is 24.2. The van der Waals surface area contributed by atoms with Crippen LogP contribution in [-0.4, -0.2) is 0 Å². The number of fused-ring (bicyclic) bond motifs is 6. The van der Waals surface area contributed by atoms with Crippen LogP contribution < -0.4 is 9.80 Å². The summed E-state index contributed by atoms with van der Waals surface area (Å²) >= 11 is 0. The van der Waals surface area contributed by atoms with Crippen molar-refractivity contribution in [3.63, 3.8) is 0 Å². The van der Waals surface area contributed by atoms with Crippen LogP contribution in [0.25, 0.3) is 99.4 Å². The van der Waals surface area contributed by atoms with Gasteiger partial charge in [0.25, 0.3) is 0 Å². The Labute approximate surface area is 408 Å².